The van der Waals surface area contributed by atoms with Crippen LogP contribution in [0.4, 0.5) is 5.82 Å². The van der Waals surface area contributed by atoms with Gasteiger partial charge in [-0.1, -0.05) is 18.2 Å². The predicted molar refractivity (Wildman–Crippen MR) is 76.0 cm³/mol. The second-order valence-corrected chi connectivity index (χ2v) is 5.10. The van der Waals surface area contributed by atoms with Gasteiger partial charge in [-0.3, -0.25) is 9.89 Å². The molecule has 104 valence electrons. The van der Waals surface area contributed by atoms with Crippen LogP contribution in [-0.2, 0) is 4.79 Å². The van der Waals surface area contributed by atoms with Gasteiger partial charge >= 0.3 is 5.97 Å². The van der Waals surface area contributed by atoms with Gasteiger partial charge in [0.2, 0.25) is 5.91 Å². The van der Waals surface area contributed by atoms with Crippen molar-refractivity contribution < 1.29 is 14.7 Å². The normalized spacial score (nSPS) is 10.2. The molecular formula is C13H13N3O3S. The molecule has 0 aliphatic heterocycles. The molecule has 0 saturated heterocycles. The van der Waals surface area contributed by atoms with E-state index in [2.05, 4.69) is 15.5 Å². The number of rotatable bonds is 6. The van der Waals surface area contributed by atoms with Crippen molar-refractivity contribution in [2.75, 3.05) is 11.1 Å². The van der Waals surface area contributed by atoms with Gasteiger partial charge in [0.1, 0.15) is 5.69 Å². The van der Waals surface area contributed by atoms with Crippen LogP contribution in [0.25, 0.3) is 0 Å². The molecule has 7 heteroatoms. The van der Waals surface area contributed by atoms with E-state index in [0.29, 0.717) is 12.2 Å². The Kier molecular flexibility index (Phi) is 4.78. The molecule has 0 aliphatic carbocycles. The molecule has 0 atom stereocenters. The standard InChI is InChI=1S/C13H13N3O3S/c17-12(6-7-20-9-4-2-1-3-5-9)14-11-8-10(13(18)19)15-16-11/h1-5,8H,6-7H2,(H,18,19)(H2,14,15,16,17). The molecule has 1 aromatic heterocycles. The number of carboxylic acids is 1. The molecule has 0 bridgehead atoms. The third-order valence-electron chi connectivity index (χ3n) is 2.42. The van der Waals surface area contributed by atoms with Crippen LogP contribution in [0.2, 0.25) is 0 Å². The van der Waals surface area contributed by atoms with Crippen LogP contribution in [-0.4, -0.2) is 32.9 Å². The van der Waals surface area contributed by atoms with Crippen LogP contribution in [0.5, 0.6) is 0 Å². The number of carbonyl (C=O) groups excluding carboxylic acids is 1. The molecule has 1 aromatic carbocycles. The number of nitrogens with one attached hydrogen (secondary N) is 2. The maximum Gasteiger partial charge on any atom is 0.353 e. The summed E-state index contributed by atoms with van der Waals surface area (Å²) in [5, 5.41) is 17.3. The van der Waals surface area contributed by atoms with Crippen LogP contribution < -0.4 is 5.32 Å². The summed E-state index contributed by atoms with van der Waals surface area (Å²) >= 11 is 1.59. The minimum Gasteiger partial charge on any atom is -0.477 e. The molecule has 1 amide bonds. The molecule has 0 saturated carbocycles. The first-order valence-corrected chi connectivity index (χ1v) is 6.90. The molecule has 2 rings (SSSR count). The fourth-order valence-electron chi connectivity index (χ4n) is 1.48. The van der Waals surface area contributed by atoms with Crippen LogP contribution >= 0.6 is 11.8 Å². The number of aromatic carboxylic acids is 1. The van der Waals surface area contributed by atoms with Gasteiger partial charge in [0.15, 0.2) is 5.82 Å². The maximum atomic E-state index is 11.7. The highest BCUT2D eigenvalue weighted by Crippen LogP contribution is 2.18. The van der Waals surface area contributed by atoms with Crippen LogP contribution in [0.15, 0.2) is 41.3 Å². The van der Waals surface area contributed by atoms with E-state index in [0.717, 1.165) is 4.90 Å². The van der Waals surface area contributed by atoms with E-state index in [-0.39, 0.29) is 17.4 Å². The molecule has 2 aromatic rings. The van der Waals surface area contributed by atoms with E-state index in [1.165, 1.54) is 6.07 Å². The first-order valence-electron chi connectivity index (χ1n) is 5.91. The summed E-state index contributed by atoms with van der Waals surface area (Å²) in [5.41, 5.74) is -0.0565. The van der Waals surface area contributed by atoms with Crippen molar-refractivity contribution in [3.63, 3.8) is 0 Å². The van der Waals surface area contributed by atoms with Crippen molar-refractivity contribution in [2.45, 2.75) is 11.3 Å². The lowest BCUT2D eigenvalue weighted by molar-refractivity contribution is -0.115. The van der Waals surface area contributed by atoms with Gasteiger partial charge in [-0.25, -0.2) is 4.79 Å². The van der Waals surface area contributed by atoms with Crippen molar-refractivity contribution in [1.82, 2.24) is 10.2 Å². The van der Waals surface area contributed by atoms with E-state index in [4.69, 9.17) is 5.11 Å². The maximum absolute atomic E-state index is 11.7. The first-order chi connectivity index (χ1) is 9.65. The molecular weight excluding hydrogens is 278 g/mol. The number of H-pyrrole nitrogens is 1. The second-order valence-electron chi connectivity index (χ2n) is 3.93. The van der Waals surface area contributed by atoms with Crippen LogP contribution in [0.3, 0.4) is 0 Å². The summed E-state index contributed by atoms with van der Waals surface area (Å²) in [7, 11) is 0. The monoisotopic (exact) mass is 291 g/mol. The lowest BCUT2D eigenvalue weighted by Gasteiger charge is -2.02. The summed E-state index contributed by atoms with van der Waals surface area (Å²) < 4.78 is 0. The SMILES string of the molecule is O=C(CCSc1ccccc1)Nc1cc(C(=O)O)[nH]n1. The highest BCUT2D eigenvalue weighted by atomic mass is 32.2. The number of hydrogen-bond donors (Lipinski definition) is 3. The van der Waals surface area contributed by atoms with Gasteiger partial charge in [-0.15, -0.1) is 11.8 Å². The third-order valence-corrected chi connectivity index (χ3v) is 3.43. The Morgan fingerprint density at radius 3 is 2.70 bits per heavy atom. The number of hydrogen-bond acceptors (Lipinski definition) is 4. The summed E-state index contributed by atoms with van der Waals surface area (Å²) in [6, 6.07) is 11.1. The zero-order valence-corrected chi connectivity index (χ0v) is 11.3. The lowest BCUT2D eigenvalue weighted by Crippen LogP contribution is -2.12. The molecule has 3 N–H and O–H groups in total. The number of nitrogens with zero attached hydrogens (tertiary/aromatic N) is 1. The second kappa shape index (κ2) is 6.76. The molecule has 0 spiro atoms. The van der Waals surface area contributed by atoms with Crippen LogP contribution in [0.1, 0.15) is 16.9 Å². The zero-order chi connectivity index (χ0) is 14.4. The highest BCUT2D eigenvalue weighted by Gasteiger charge is 2.09. The molecule has 0 radical (unpaired) electrons. The molecule has 0 fully saturated rings. The Hall–Kier alpha value is -2.28. The van der Waals surface area contributed by atoms with Gasteiger partial charge in [0.25, 0.3) is 0 Å². The van der Waals surface area contributed by atoms with Crippen LogP contribution in [0, 0.1) is 0 Å². The van der Waals surface area contributed by atoms with Gasteiger partial charge in [0.05, 0.1) is 0 Å². The fourth-order valence-corrected chi connectivity index (χ4v) is 2.35. The van der Waals surface area contributed by atoms with Gasteiger partial charge in [0, 0.05) is 23.1 Å². The fraction of sp³-hybridized carbons (Fsp3) is 0.154. The topological polar surface area (TPSA) is 95.1 Å². The first kappa shape index (κ1) is 14.1. The Balaban J connectivity index is 1.76. The average Bonchev–Trinajstić information content (AvgIpc) is 2.88. The van der Waals surface area contributed by atoms with E-state index < -0.39 is 5.97 Å². The number of aromatic nitrogens is 2. The summed E-state index contributed by atoms with van der Waals surface area (Å²) in [6.45, 7) is 0. The number of carbonyl (C=O) groups is 2. The van der Waals surface area contributed by atoms with Gasteiger partial charge < -0.3 is 10.4 Å². The largest absolute Gasteiger partial charge is 0.477 e. The Morgan fingerprint density at radius 2 is 2.05 bits per heavy atom. The number of aromatic amines is 1. The molecule has 1 heterocycles. The van der Waals surface area contributed by atoms with E-state index in [1.807, 2.05) is 30.3 Å². The van der Waals surface area contributed by atoms with Gasteiger partial charge in [-0.05, 0) is 12.1 Å². The zero-order valence-electron chi connectivity index (χ0n) is 10.5. The molecule has 20 heavy (non-hydrogen) atoms. The number of thioether (sulfide) groups is 1. The van der Waals surface area contributed by atoms with Crippen molar-refractivity contribution in [3.05, 3.63) is 42.1 Å². The molecule has 0 aliphatic rings. The minimum atomic E-state index is -1.11. The highest BCUT2D eigenvalue weighted by molar-refractivity contribution is 7.99. The lowest BCUT2D eigenvalue weighted by atomic mass is 10.4. The number of benzene rings is 1. The molecule has 6 nitrogen and oxygen atoms in total. The Bertz CT molecular complexity index is 598. The average molecular weight is 291 g/mol. The summed E-state index contributed by atoms with van der Waals surface area (Å²) in [4.78, 5) is 23.4. The number of anilines is 1. The van der Waals surface area contributed by atoms with Crippen molar-refractivity contribution in [1.29, 1.82) is 0 Å². The summed E-state index contributed by atoms with van der Waals surface area (Å²) in [6.07, 6.45) is 0.328. The van der Waals surface area contributed by atoms with E-state index in [1.54, 1.807) is 11.8 Å². The number of amides is 1. The van der Waals surface area contributed by atoms with E-state index in [9.17, 15) is 9.59 Å². The quantitative estimate of drug-likeness (QED) is 0.709. The molecule has 0 unspecified atom stereocenters. The summed E-state index contributed by atoms with van der Waals surface area (Å²) in [5.74, 6) is -0.446. The Labute approximate surface area is 119 Å². The minimum absolute atomic E-state index is 0.0565. The van der Waals surface area contributed by atoms with Crippen molar-refractivity contribution in [2.24, 2.45) is 0 Å². The van der Waals surface area contributed by atoms with Crippen molar-refractivity contribution >= 4 is 29.5 Å². The Morgan fingerprint density at radius 1 is 1.30 bits per heavy atom. The van der Waals surface area contributed by atoms with E-state index >= 15 is 0 Å². The number of carboxylic acid groups (broad SMARTS) is 1. The van der Waals surface area contributed by atoms with Gasteiger partial charge in [-0.2, -0.15) is 5.10 Å². The predicted octanol–water partition coefficient (Wildman–Crippen LogP) is 2.23. The van der Waals surface area contributed by atoms with Crippen molar-refractivity contribution in [3.8, 4) is 0 Å². The smallest absolute Gasteiger partial charge is 0.353 e. The third kappa shape index (κ3) is 4.13.